The first-order chi connectivity index (χ1) is 8.19. The van der Waals surface area contributed by atoms with Crippen LogP contribution in [0.3, 0.4) is 0 Å². The van der Waals surface area contributed by atoms with Crippen molar-refractivity contribution in [2.45, 2.75) is 31.9 Å². The van der Waals surface area contributed by atoms with Gasteiger partial charge in [-0.15, -0.1) is 0 Å². The molecule has 1 aliphatic heterocycles. The summed E-state index contributed by atoms with van der Waals surface area (Å²) in [5.74, 6) is 1.04. The molecule has 4 heteroatoms. The Bertz CT molecular complexity index is 350. The van der Waals surface area contributed by atoms with Gasteiger partial charge in [0.25, 0.3) is 0 Å². The molecule has 2 heterocycles. The lowest BCUT2D eigenvalue weighted by Crippen LogP contribution is -2.23. The van der Waals surface area contributed by atoms with Crippen molar-refractivity contribution in [1.82, 2.24) is 4.98 Å². The monoisotopic (exact) mass is 235 g/mol. The molecule has 1 saturated heterocycles. The summed E-state index contributed by atoms with van der Waals surface area (Å²) in [6, 6.07) is 4.38. The Morgan fingerprint density at radius 2 is 2.41 bits per heavy atom. The SMILES string of the molecule is COC1CCN(c2ccc(CC(C)N)cn2)C1. The van der Waals surface area contributed by atoms with Crippen molar-refractivity contribution in [2.24, 2.45) is 5.73 Å². The van der Waals surface area contributed by atoms with E-state index in [0.717, 1.165) is 31.7 Å². The van der Waals surface area contributed by atoms with Crippen molar-refractivity contribution < 1.29 is 4.74 Å². The number of nitrogens with two attached hydrogens (primary N) is 1. The van der Waals surface area contributed by atoms with Gasteiger partial charge in [0, 0.05) is 32.4 Å². The zero-order valence-corrected chi connectivity index (χ0v) is 10.6. The molecule has 0 bridgehead atoms. The van der Waals surface area contributed by atoms with Gasteiger partial charge in [0.05, 0.1) is 6.10 Å². The molecule has 94 valence electrons. The zero-order chi connectivity index (χ0) is 12.3. The Morgan fingerprint density at radius 3 is 2.94 bits per heavy atom. The summed E-state index contributed by atoms with van der Waals surface area (Å²) in [4.78, 5) is 6.76. The second kappa shape index (κ2) is 5.47. The molecule has 0 radical (unpaired) electrons. The second-order valence-corrected chi connectivity index (χ2v) is 4.80. The fraction of sp³-hybridized carbons (Fsp3) is 0.615. The van der Waals surface area contributed by atoms with Gasteiger partial charge in [-0.3, -0.25) is 0 Å². The first kappa shape index (κ1) is 12.3. The number of nitrogens with zero attached hydrogens (tertiary/aromatic N) is 2. The average Bonchev–Trinajstić information content (AvgIpc) is 2.78. The fourth-order valence-corrected chi connectivity index (χ4v) is 2.22. The lowest BCUT2D eigenvalue weighted by Gasteiger charge is -2.17. The third-order valence-electron chi connectivity index (χ3n) is 3.17. The van der Waals surface area contributed by atoms with E-state index >= 15 is 0 Å². The molecule has 2 N–H and O–H groups in total. The Morgan fingerprint density at radius 1 is 1.59 bits per heavy atom. The Hall–Kier alpha value is -1.13. The number of anilines is 1. The second-order valence-electron chi connectivity index (χ2n) is 4.80. The zero-order valence-electron chi connectivity index (χ0n) is 10.6. The maximum atomic E-state index is 5.77. The molecule has 2 unspecified atom stereocenters. The molecular formula is C13H21N3O. The Labute approximate surface area is 103 Å². The van der Waals surface area contributed by atoms with E-state index in [1.807, 2.05) is 13.1 Å². The summed E-state index contributed by atoms with van der Waals surface area (Å²) in [6.07, 6.45) is 4.24. The first-order valence-electron chi connectivity index (χ1n) is 6.17. The van der Waals surface area contributed by atoms with Crippen LogP contribution in [-0.4, -0.2) is 37.3 Å². The number of hydrogen-bond donors (Lipinski definition) is 1. The fourth-order valence-electron chi connectivity index (χ4n) is 2.22. The van der Waals surface area contributed by atoms with Crippen LogP contribution in [0, 0.1) is 0 Å². The first-order valence-corrected chi connectivity index (χ1v) is 6.17. The minimum Gasteiger partial charge on any atom is -0.380 e. The summed E-state index contributed by atoms with van der Waals surface area (Å²) in [5, 5.41) is 0. The largest absolute Gasteiger partial charge is 0.380 e. The summed E-state index contributed by atoms with van der Waals surface area (Å²) in [6.45, 7) is 3.98. The van der Waals surface area contributed by atoms with Crippen LogP contribution in [0.25, 0.3) is 0 Å². The standard InChI is InChI=1S/C13H21N3O/c1-10(14)7-11-3-4-13(15-8-11)16-6-5-12(9-16)17-2/h3-4,8,10,12H,5-7,9,14H2,1-2H3. The summed E-state index contributed by atoms with van der Waals surface area (Å²) < 4.78 is 5.35. The molecule has 0 spiro atoms. The average molecular weight is 235 g/mol. The van der Waals surface area contributed by atoms with E-state index < -0.39 is 0 Å². The molecule has 1 fully saturated rings. The number of ether oxygens (including phenoxy) is 1. The quantitative estimate of drug-likeness (QED) is 0.852. The lowest BCUT2D eigenvalue weighted by atomic mass is 10.1. The Balaban J connectivity index is 1.98. The lowest BCUT2D eigenvalue weighted by molar-refractivity contribution is 0.121. The van der Waals surface area contributed by atoms with Crippen molar-refractivity contribution in [3.05, 3.63) is 23.9 Å². The third-order valence-corrected chi connectivity index (χ3v) is 3.17. The van der Waals surface area contributed by atoms with Gasteiger partial charge >= 0.3 is 0 Å². The van der Waals surface area contributed by atoms with Gasteiger partial charge in [-0.25, -0.2) is 4.98 Å². The highest BCUT2D eigenvalue weighted by atomic mass is 16.5. The van der Waals surface area contributed by atoms with Crippen LogP contribution < -0.4 is 10.6 Å². The van der Waals surface area contributed by atoms with E-state index in [-0.39, 0.29) is 6.04 Å². The molecule has 2 rings (SSSR count). The smallest absolute Gasteiger partial charge is 0.128 e. The minimum absolute atomic E-state index is 0.187. The van der Waals surface area contributed by atoms with Crippen molar-refractivity contribution >= 4 is 5.82 Å². The van der Waals surface area contributed by atoms with Gasteiger partial charge in [-0.05, 0) is 31.4 Å². The predicted molar refractivity (Wildman–Crippen MR) is 69.2 cm³/mol. The van der Waals surface area contributed by atoms with E-state index in [2.05, 4.69) is 22.0 Å². The third kappa shape index (κ3) is 3.17. The normalized spacial score (nSPS) is 21.8. The molecule has 1 aliphatic rings. The summed E-state index contributed by atoms with van der Waals surface area (Å²) in [7, 11) is 1.77. The van der Waals surface area contributed by atoms with Gasteiger partial charge in [-0.1, -0.05) is 6.07 Å². The van der Waals surface area contributed by atoms with Gasteiger partial charge in [0.1, 0.15) is 5.82 Å². The van der Waals surface area contributed by atoms with E-state index in [1.54, 1.807) is 7.11 Å². The molecule has 0 saturated carbocycles. The molecule has 2 atom stereocenters. The maximum absolute atomic E-state index is 5.77. The van der Waals surface area contributed by atoms with Crippen molar-refractivity contribution in [3.8, 4) is 0 Å². The maximum Gasteiger partial charge on any atom is 0.128 e. The topological polar surface area (TPSA) is 51.4 Å². The van der Waals surface area contributed by atoms with E-state index in [0.29, 0.717) is 6.10 Å². The van der Waals surface area contributed by atoms with Crippen molar-refractivity contribution in [1.29, 1.82) is 0 Å². The number of aromatic nitrogens is 1. The number of hydrogen-bond acceptors (Lipinski definition) is 4. The summed E-state index contributed by atoms with van der Waals surface area (Å²) in [5.41, 5.74) is 6.97. The van der Waals surface area contributed by atoms with Gasteiger partial charge in [0.15, 0.2) is 0 Å². The van der Waals surface area contributed by atoms with Crippen LogP contribution >= 0.6 is 0 Å². The van der Waals surface area contributed by atoms with E-state index in [1.165, 1.54) is 5.56 Å². The van der Waals surface area contributed by atoms with Crippen LogP contribution in [0.2, 0.25) is 0 Å². The number of rotatable bonds is 4. The van der Waals surface area contributed by atoms with Gasteiger partial charge in [0.2, 0.25) is 0 Å². The van der Waals surface area contributed by atoms with Crippen molar-refractivity contribution in [2.75, 3.05) is 25.1 Å². The molecule has 4 nitrogen and oxygen atoms in total. The highest BCUT2D eigenvalue weighted by molar-refractivity contribution is 5.40. The van der Waals surface area contributed by atoms with Gasteiger partial charge < -0.3 is 15.4 Å². The molecule has 0 aliphatic carbocycles. The van der Waals surface area contributed by atoms with Crippen LogP contribution in [0.1, 0.15) is 18.9 Å². The molecule has 1 aromatic rings. The van der Waals surface area contributed by atoms with Crippen molar-refractivity contribution in [3.63, 3.8) is 0 Å². The van der Waals surface area contributed by atoms with E-state index in [4.69, 9.17) is 10.5 Å². The summed E-state index contributed by atoms with van der Waals surface area (Å²) >= 11 is 0. The minimum atomic E-state index is 0.187. The van der Waals surface area contributed by atoms with Crippen LogP contribution in [0.5, 0.6) is 0 Å². The van der Waals surface area contributed by atoms with Crippen LogP contribution in [-0.2, 0) is 11.2 Å². The molecule has 1 aromatic heterocycles. The Kier molecular flexibility index (Phi) is 3.97. The van der Waals surface area contributed by atoms with Gasteiger partial charge in [-0.2, -0.15) is 0 Å². The molecule has 17 heavy (non-hydrogen) atoms. The predicted octanol–water partition coefficient (Wildman–Crippen LogP) is 1.20. The highest BCUT2D eigenvalue weighted by Gasteiger charge is 2.22. The number of pyridine rings is 1. The van der Waals surface area contributed by atoms with Crippen LogP contribution in [0.15, 0.2) is 18.3 Å². The molecule has 0 amide bonds. The van der Waals surface area contributed by atoms with Crippen LogP contribution in [0.4, 0.5) is 5.82 Å². The molecule has 0 aromatic carbocycles. The highest BCUT2D eigenvalue weighted by Crippen LogP contribution is 2.19. The molecular weight excluding hydrogens is 214 g/mol. The number of methoxy groups -OCH3 is 1. The van der Waals surface area contributed by atoms with E-state index in [9.17, 15) is 0 Å².